The third-order valence-electron chi connectivity index (χ3n) is 6.88. The Morgan fingerprint density at radius 1 is 1.10 bits per heavy atom. The Balaban J connectivity index is 1.51. The summed E-state index contributed by atoms with van der Waals surface area (Å²) in [4.78, 5) is 13.0. The van der Waals surface area contributed by atoms with Crippen molar-refractivity contribution in [1.29, 1.82) is 0 Å². The van der Waals surface area contributed by atoms with E-state index in [0.29, 0.717) is 5.41 Å². The molecule has 21 heavy (non-hydrogen) atoms. The number of hydrogen-bond acceptors (Lipinski definition) is 2. The second-order valence-electron chi connectivity index (χ2n) is 8.98. The molecule has 3 nitrogen and oxygen atoms in total. The summed E-state index contributed by atoms with van der Waals surface area (Å²) in [5, 5.41) is 13.4. The Kier molecular flexibility index (Phi) is 3.15. The lowest BCUT2D eigenvalue weighted by atomic mass is 9.44. The highest BCUT2D eigenvalue weighted by Crippen LogP contribution is 2.65. The predicted octanol–water partition coefficient (Wildman–Crippen LogP) is 3.01. The van der Waals surface area contributed by atoms with Gasteiger partial charge in [0.1, 0.15) is 0 Å². The summed E-state index contributed by atoms with van der Waals surface area (Å²) in [5.41, 5.74) is 0.308. The zero-order chi connectivity index (χ0) is 14.7. The van der Waals surface area contributed by atoms with E-state index in [4.69, 9.17) is 0 Å². The topological polar surface area (TPSA) is 49.3 Å². The quantitative estimate of drug-likeness (QED) is 0.821. The highest BCUT2D eigenvalue weighted by atomic mass is 16.3. The molecule has 2 N–H and O–H groups in total. The fourth-order valence-electron chi connectivity index (χ4n) is 6.59. The average molecular weight is 291 g/mol. The monoisotopic (exact) mass is 291 g/mol. The van der Waals surface area contributed by atoms with Crippen molar-refractivity contribution in [3.63, 3.8) is 0 Å². The minimum atomic E-state index is -0.327. The van der Waals surface area contributed by atoms with Crippen LogP contribution in [-0.2, 0) is 4.79 Å². The van der Waals surface area contributed by atoms with E-state index in [1.54, 1.807) is 0 Å². The summed E-state index contributed by atoms with van der Waals surface area (Å²) < 4.78 is 0. The van der Waals surface area contributed by atoms with E-state index in [1.165, 1.54) is 19.3 Å². The number of carbonyl (C=O) groups excluding carboxylic acids is 1. The van der Waals surface area contributed by atoms with Crippen molar-refractivity contribution in [3.05, 3.63) is 0 Å². The van der Waals surface area contributed by atoms with Gasteiger partial charge in [0, 0.05) is 0 Å². The summed E-state index contributed by atoms with van der Waals surface area (Å²) in [5.74, 6) is 1.82. The van der Waals surface area contributed by atoms with E-state index in [2.05, 4.69) is 12.2 Å². The first kappa shape index (κ1) is 14.0. The predicted molar refractivity (Wildman–Crippen MR) is 81.6 cm³/mol. The van der Waals surface area contributed by atoms with Crippen molar-refractivity contribution < 1.29 is 9.90 Å². The van der Waals surface area contributed by atoms with Gasteiger partial charge in [0.2, 0.25) is 5.91 Å². The van der Waals surface area contributed by atoms with Crippen LogP contribution in [0.1, 0.15) is 71.1 Å². The maximum atomic E-state index is 13.0. The number of carbonyl (C=O) groups is 1. The molecule has 5 fully saturated rings. The molecule has 4 atom stereocenters. The van der Waals surface area contributed by atoms with E-state index in [1.807, 2.05) is 0 Å². The first-order valence-corrected chi connectivity index (χ1v) is 8.97. The molecule has 3 heteroatoms. The van der Waals surface area contributed by atoms with Crippen molar-refractivity contribution in [2.45, 2.75) is 83.3 Å². The van der Waals surface area contributed by atoms with Crippen LogP contribution in [0, 0.1) is 22.7 Å². The minimum Gasteiger partial charge on any atom is -0.391 e. The third kappa shape index (κ3) is 2.32. The van der Waals surface area contributed by atoms with Gasteiger partial charge in [-0.2, -0.15) is 0 Å². The largest absolute Gasteiger partial charge is 0.391 e. The van der Waals surface area contributed by atoms with Gasteiger partial charge in [-0.3, -0.25) is 4.79 Å². The van der Waals surface area contributed by atoms with E-state index in [0.717, 1.165) is 56.8 Å². The SMILES string of the molecule is CC12CC3CC(C1)CC(C(=O)N[C@@H]1CCCC[C@H]1O)(C3)C2. The average Bonchev–Trinajstić information content (AvgIpc) is 2.38. The maximum Gasteiger partial charge on any atom is 0.226 e. The van der Waals surface area contributed by atoms with Crippen LogP contribution in [0.15, 0.2) is 0 Å². The molecule has 0 heterocycles. The molecule has 1 amide bonds. The molecule has 4 bridgehead atoms. The molecule has 0 aromatic rings. The summed E-state index contributed by atoms with van der Waals surface area (Å²) in [6.07, 6.45) is 11.0. The molecule has 0 spiro atoms. The maximum absolute atomic E-state index is 13.0. The van der Waals surface area contributed by atoms with Gasteiger partial charge < -0.3 is 10.4 Å². The zero-order valence-corrected chi connectivity index (χ0v) is 13.2. The Morgan fingerprint density at radius 2 is 1.76 bits per heavy atom. The van der Waals surface area contributed by atoms with Crippen LogP contribution in [0.2, 0.25) is 0 Å². The molecule has 0 radical (unpaired) electrons. The highest BCUT2D eigenvalue weighted by molar-refractivity contribution is 5.83. The molecule has 5 aliphatic rings. The number of nitrogens with one attached hydrogen (secondary N) is 1. The standard InChI is InChI=1S/C18H29NO2/c1-17-7-12-6-13(8-17)10-18(9-12,11-17)16(21)19-14-4-2-3-5-15(14)20/h12-15,20H,2-11H2,1H3,(H,19,21)/t12?,13?,14-,15-,17?,18?/m1/s1. The van der Waals surface area contributed by atoms with Gasteiger partial charge in [0.05, 0.1) is 17.6 Å². The van der Waals surface area contributed by atoms with Crippen molar-refractivity contribution in [1.82, 2.24) is 5.32 Å². The lowest BCUT2D eigenvalue weighted by Crippen LogP contribution is -2.59. The molecular weight excluding hydrogens is 262 g/mol. The van der Waals surface area contributed by atoms with Crippen LogP contribution >= 0.6 is 0 Å². The van der Waals surface area contributed by atoms with Gasteiger partial charge in [-0.25, -0.2) is 0 Å². The van der Waals surface area contributed by atoms with E-state index >= 15 is 0 Å². The van der Waals surface area contributed by atoms with Crippen molar-refractivity contribution in [2.75, 3.05) is 0 Å². The van der Waals surface area contributed by atoms with Crippen LogP contribution in [0.25, 0.3) is 0 Å². The lowest BCUT2D eigenvalue weighted by molar-refractivity contribution is -0.157. The van der Waals surface area contributed by atoms with Crippen LogP contribution in [0.5, 0.6) is 0 Å². The second-order valence-corrected chi connectivity index (χ2v) is 8.98. The highest BCUT2D eigenvalue weighted by Gasteiger charge is 2.59. The van der Waals surface area contributed by atoms with Gasteiger partial charge in [-0.1, -0.05) is 19.8 Å². The second kappa shape index (κ2) is 4.71. The van der Waals surface area contributed by atoms with Crippen molar-refractivity contribution >= 4 is 5.91 Å². The van der Waals surface area contributed by atoms with Gasteiger partial charge >= 0.3 is 0 Å². The number of rotatable bonds is 2. The smallest absolute Gasteiger partial charge is 0.226 e. The molecule has 0 aromatic carbocycles. The summed E-state index contributed by atoms with van der Waals surface area (Å²) in [6, 6.07) is 0.00654. The van der Waals surface area contributed by atoms with Crippen molar-refractivity contribution in [2.24, 2.45) is 22.7 Å². The Hall–Kier alpha value is -0.570. The molecular formula is C18H29NO2. The number of hydrogen-bond donors (Lipinski definition) is 2. The van der Waals surface area contributed by atoms with Crippen molar-refractivity contribution in [3.8, 4) is 0 Å². The van der Waals surface area contributed by atoms with Gasteiger partial charge in [-0.15, -0.1) is 0 Å². The molecule has 0 aromatic heterocycles. The van der Waals surface area contributed by atoms with Gasteiger partial charge in [-0.05, 0) is 68.6 Å². The van der Waals surface area contributed by atoms with E-state index < -0.39 is 0 Å². The van der Waals surface area contributed by atoms with E-state index in [-0.39, 0.29) is 23.5 Å². The lowest BCUT2D eigenvalue weighted by Gasteiger charge is -2.60. The molecule has 5 saturated carbocycles. The Labute approximate surface area is 127 Å². The summed E-state index contributed by atoms with van der Waals surface area (Å²) in [6.45, 7) is 2.40. The minimum absolute atomic E-state index is 0.00654. The molecule has 0 saturated heterocycles. The third-order valence-corrected chi connectivity index (χ3v) is 6.88. The number of aliphatic hydroxyl groups excluding tert-OH is 1. The van der Waals surface area contributed by atoms with Gasteiger partial charge in [0.25, 0.3) is 0 Å². The fraction of sp³-hybridized carbons (Fsp3) is 0.944. The molecule has 0 aliphatic heterocycles. The number of amides is 1. The summed E-state index contributed by atoms with van der Waals surface area (Å²) in [7, 11) is 0. The fourth-order valence-corrected chi connectivity index (χ4v) is 6.59. The van der Waals surface area contributed by atoms with Crippen LogP contribution in [0.3, 0.4) is 0 Å². The zero-order valence-electron chi connectivity index (χ0n) is 13.2. The Bertz CT molecular complexity index is 432. The summed E-state index contributed by atoms with van der Waals surface area (Å²) >= 11 is 0. The Morgan fingerprint density at radius 3 is 2.38 bits per heavy atom. The molecule has 5 aliphatic carbocycles. The van der Waals surface area contributed by atoms with Gasteiger partial charge in [0.15, 0.2) is 0 Å². The van der Waals surface area contributed by atoms with Crippen LogP contribution in [-0.4, -0.2) is 23.2 Å². The number of aliphatic hydroxyl groups is 1. The van der Waals surface area contributed by atoms with Crippen LogP contribution in [0.4, 0.5) is 0 Å². The van der Waals surface area contributed by atoms with E-state index in [9.17, 15) is 9.90 Å². The van der Waals surface area contributed by atoms with Crippen LogP contribution < -0.4 is 5.32 Å². The molecule has 118 valence electrons. The normalized spacial score (nSPS) is 51.9. The molecule has 2 unspecified atom stereocenters. The first-order valence-electron chi connectivity index (χ1n) is 8.97. The molecule has 5 rings (SSSR count). The first-order chi connectivity index (χ1) is 9.98.